The van der Waals surface area contributed by atoms with E-state index in [1.165, 1.54) is 18.2 Å². The lowest BCUT2D eigenvalue weighted by Gasteiger charge is -2.25. The lowest BCUT2D eigenvalue weighted by Crippen LogP contribution is -2.19. The lowest BCUT2D eigenvalue weighted by molar-refractivity contribution is 0.133. The van der Waals surface area contributed by atoms with E-state index in [0.29, 0.717) is 29.3 Å². The minimum Gasteiger partial charge on any atom is -0.393 e. The third-order valence-electron chi connectivity index (χ3n) is 3.10. The topological polar surface area (TPSA) is 20.2 Å². The van der Waals surface area contributed by atoms with Crippen LogP contribution in [0.25, 0.3) is 0 Å². The predicted octanol–water partition coefficient (Wildman–Crippen LogP) is 4.84. The molecule has 3 heteroatoms. The van der Waals surface area contributed by atoms with Gasteiger partial charge in [-0.3, -0.25) is 0 Å². The number of aliphatic hydroxyl groups excluding tert-OH is 1. The summed E-state index contributed by atoms with van der Waals surface area (Å²) in [4.78, 5) is 0. The summed E-state index contributed by atoms with van der Waals surface area (Å²) in [5.41, 5.74) is 0.937. The molecule has 0 bridgehead atoms. The van der Waals surface area contributed by atoms with Crippen LogP contribution in [0.1, 0.15) is 46.1 Å². The van der Waals surface area contributed by atoms with Gasteiger partial charge in [0.15, 0.2) is 0 Å². The smallest absolute Gasteiger partial charge is 0.123 e. The largest absolute Gasteiger partial charge is 0.393 e. The van der Waals surface area contributed by atoms with Crippen molar-refractivity contribution in [2.24, 2.45) is 11.3 Å². The molecule has 1 N–H and O–H groups in total. The molecule has 0 saturated heterocycles. The summed E-state index contributed by atoms with van der Waals surface area (Å²) in [7, 11) is 0. The molecule has 0 radical (unpaired) electrons. The Morgan fingerprint density at radius 3 is 2.53 bits per heavy atom. The Morgan fingerprint density at radius 2 is 1.95 bits per heavy atom. The Morgan fingerprint density at radius 1 is 1.32 bits per heavy atom. The molecule has 0 fully saturated rings. The average molecular weight is 287 g/mol. The van der Waals surface area contributed by atoms with Gasteiger partial charge in [0.25, 0.3) is 0 Å². The number of benzene rings is 1. The summed E-state index contributed by atoms with van der Waals surface area (Å²) < 4.78 is 13.1. The van der Waals surface area contributed by atoms with Crippen LogP contribution in [0.15, 0.2) is 18.2 Å². The van der Waals surface area contributed by atoms with Crippen molar-refractivity contribution in [1.82, 2.24) is 0 Å². The molecule has 108 valence electrons. The maximum atomic E-state index is 13.1. The summed E-state index contributed by atoms with van der Waals surface area (Å²) >= 11 is 6.01. The second kappa shape index (κ2) is 6.71. The molecule has 0 aliphatic rings. The fourth-order valence-corrected chi connectivity index (χ4v) is 2.82. The van der Waals surface area contributed by atoms with Gasteiger partial charge in [0, 0.05) is 5.02 Å². The van der Waals surface area contributed by atoms with Gasteiger partial charge in [0.05, 0.1) is 6.10 Å². The number of aliphatic hydroxyl groups is 1. The highest BCUT2D eigenvalue weighted by molar-refractivity contribution is 6.31. The predicted molar refractivity (Wildman–Crippen MR) is 79.0 cm³/mol. The van der Waals surface area contributed by atoms with Crippen molar-refractivity contribution in [2.45, 2.75) is 53.1 Å². The Balaban J connectivity index is 2.55. The highest BCUT2D eigenvalue weighted by Gasteiger charge is 2.19. The molecule has 0 amide bonds. The summed E-state index contributed by atoms with van der Waals surface area (Å²) in [6.45, 7) is 8.72. The van der Waals surface area contributed by atoms with Gasteiger partial charge in [-0.2, -0.15) is 0 Å². The Labute approximate surface area is 120 Å². The van der Waals surface area contributed by atoms with Crippen molar-refractivity contribution in [1.29, 1.82) is 0 Å². The second-order valence-corrected chi connectivity index (χ2v) is 7.11. The average Bonchev–Trinajstić information content (AvgIpc) is 2.20. The van der Waals surface area contributed by atoms with E-state index in [2.05, 4.69) is 27.7 Å². The summed E-state index contributed by atoms with van der Waals surface area (Å²) in [6, 6.07) is 4.28. The summed E-state index contributed by atoms with van der Waals surface area (Å²) in [6.07, 6.45) is 1.70. The van der Waals surface area contributed by atoms with Crippen molar-refractivity contribution < 1.29 is 9.50 Å². The van der Waals surface area contributed by atoms with Crippen molar-refractivity contribution in [2.75, 3.05) is 0 Å². The molecule has 0 saturated carbocycles. The molecule has 0 heterocycles. The zero-order chi connectivity index (χ0) is 14.6. The van der Waals surface area contributed by atoms with Crippen LogP contribution in [-0.2, 0) is 6.42 Å². The monoisotopic (exact) mass is 286 g/mol. The minimum atomic E-state index is -0.475. The summed E-state index contributed by atoms with van der Waals surface area (Å²) in [5.74, 6) is 0.122. The van der Waals surface area contributed by atoms with E-state index in [4.69, 9.17) is 11.6 Å². The molecular weight excluding hydrogens is 263 g/mol. The van der Waals surface area contributed by atoms with Crippen LogP contribution in [0.3, 0.4) is 0 Å². The molecule has 1 aromatic carbocycles. The quantitative estimate of drug-likeness (QED) is 0.821. The Bertz CT molecular complexity index is 412. The van der Waals surface area contributed by atoms with Crippen LogP contribution >= 0.6 is 11.6 Å². The first-order chi connectivity index (χ1) is 8.67. The molecule has 19 heavy (non-hydrogen) atoms. The summed E-state index contributed by atoms with van der Waals surface area (Å²) in [5, 5.41) is 10.6. The third kappa shape index (κ3) is 6.40. The number of halogens is 2. The van der Waals surface area contributed by atoms with Crippen LogP contribution in [-0.4, -0.2) is 11.2 Å². The fraction of sp³-hybridized carbons (Fsp3) is 0.625. The van der Waals surface area contributed by atoms with Gasteiger partial charge in [0.1, 0.15) is 5.82 Å². The third-order valence-corrected chi connectivity index (χ3v) is 3.47. The van der Waals surface area contributed by atoms with Gasteiger partial charge in [-0.25, -0.2) is 4.39 Å². The molecule has 0 spiro atoms. The number of hydrogen-bond donors (Lipinski definition) is 1. The van der Waals surface area contributed by atoms with Crippen molar-refractivity contribution in [3.05, 3.63) is 34.6 Å². The zero-order valence-corrected chi connectivity index (χ0v) is 13.0. The molecule has 1 rings (SSSR count). The van der Waals surface area contributed by atoms with Crippen LogP contribution in [0.5, 0.6) is 0 Å². The molecule has 0 aliphatic carbocycles. The van der Waals surface area contributed by atoms with Gasteiger partial charge in [-0.05, 0) is 54.4 Å². The zero-order valence-electron chi connectivity index (χ0n) is 12.2. The molecule has 0 aliphatic heterocycles. The molecule has 0 aromatic heterocycles. The van der Waals surface area contributed by atoms with E-state index in [-0.39, 0.29) is 11.2 Å². The number of hydrogen-bond acceptors (Lipinski definition) is 1. The maximum Gasteiger partial charge on any atom is 0.123 e. The number of rotatable bonds is 5. The van der Waals surface area contributed by atoms with Crippen LogP contribution < -0.4 is 0 Å². The second-order valence-electron chi connectivity index (χ2n) is 6.70. The van der Waals surface area contributed by atoms with E-state index < -0.39 is 6.10 Å². The van der Waals surface area contributed by atoms with E-state index in [1.807, 2.05) is 0 Å². The van der Waals surface area contributed by atoms with Crippen molar-refractivity contribution in [3.8, 4) is 0 Å². The molecule has 2 atom stereocenters. The van der Waals surface area contributed by atoms with Gasteiger partial charge in [-0.1, -0.05) is 39.3 Å². The SMILES string of the molecule is CC(CC(O)Cc1cc(F)ccc1Cl)CC(C)(C)C. The van der Waals surface area contributed by atoms with Gasteiger partial charge in [0.2, 0.25) is 0 Å². The molecule has 1 aromatic rings. The minimum absolute atomic E-state index is 0.260. The normalized spacial score (nSPS) is 15.3. The molecule has 2 unspecified atom stereocenters. The van der Waals surface area contributed by atoms with Gasteiger partial charge >= 0.3 is 0 Å². The van der Waals surface area contributed by atoms with Gasteiger partial charge < -0.3 is 5.11 Å². The van der Waals surface area contributed by atoms with Crippen LogP contribution in [0.4, 0.5) is 4.39 Å². The lowest BCUT2D eigenvalue weighted by atomic mass is 9.83. The first-order valence-electron chi connectivity index (χ1n) is 6.79. The van der Waals surface area contributed by atoms with Crippen LogP contribution in [0.2, 0.25) is 5.02 Å². The van der Waals surface area contributed by atoms with E-state index in [0.717, 1.165) is 6.42 Å². The van der Waals surface area contributed by atoms with E-state index >= 15 is 0 Å². The van der Waals surface area contributed by atoms with E-state index in [1.54, 1.807) is 0 Å². The van der Waals surface area contributed by atoms with Crippen molar-refractivity contribution in [3.63, 3.8) is 0 Å². The van der Waals surface area contributed by atoms with Crippen molar-refractivity contribution >= 4 is 11.6 Å². The Kier molecular flexibility index (Phi) is 5.82. The maximum absolute atomic E-state index is 13.1. The van der Waals surface area contributed by atoms with E-state index in [9.17, 15) is 9.50 Å². The Hall–Kier alpha value is -0.600. The molecule has 1 nitrogen and oxygen atoms in total. The molecular formula is C16H24ClFO. The highest BCUT2D eigenvalue weighted by Crippen LogP contribution is 2.28. The first kappa shape index (κ1) is 16.5. The standard InChI is InChI=1S/C16H24ClFO/c1-11(10-16(2,3)4)7-14(19)9-12-8-13(18)5-6-15(12)17/h5-6,8,11,14,19H,7,9-10H2,1-4H3. The van der Waals surface area contributed by atoms with Gasteiger partial charge in [-0.15, -0.1) is 0 Å². The fourth-order valence-electron chi connectivity index (χ4n) is 2.63. The first-order valence-corrected chi connectivity index (χ1v) is 7.17. The van der Waals surface area contributed by atoms with Crippen LogP contribution in [0, 0.1) is 17.2 Å². The highest BCUT2D eigenvalue weighted by atomic mass is 35.5.